The lowest BCUT2D eigenvalue weighted by molar-refractivity contribution is -0.121. The summed E-state index contributed by atoms with van der Waals surface area (Å²) in [5.74, 6) is -0.804. The van der Waals surface area contributed by atoms with Crippen molar-refractivity contribution in [1.82, 2.24) is 0 Å². The van der Waals surface area contributed by atoms with Crippen LogP contribution in [0.1, 0.15) is 17.3 Å². The van der Waals surface area contributed by atoms with Crippen molar-refractivity contribution < 1.29 is 23.8 Å². The third kappa shape index (κ3) is 5.38. The number of amides is 1. The number of anilines is 1. The van der Waals surface area contributed by atoms with E-state index in [2.05, 4.69) is 5.32 Å². The third-order valence-corrected chi connectivity index (χ3v) is 2.36. The minimum atomic E-state index is -0.469. The zero-order valence-corrected chi connectivity index (χ0v) is 11.7. The minimum absolute atomic E-state index is 0.0967. The van der Waals surface area contributed by atoms with Gasteiger partial charge in [0.05, 0.1) is 31.1 Å². The highest BCUT2D eigenvalue weighted by Crippen LogP contribution is 2.16. The van der Waals surface area contributed by atoms with Gasteiger partial charge >= 0.3 is 5.97 Å². The summed E-state index contributed by atoms with van der Waals surface area (Å²) >= 11 is 0. The summed E-state index contributed by atoms with van der Waals surface area (Å²) < 4.78 is 14.8. The van der Waals surface area contributed by atoms with Gasteiger partial charge in [-0.15, -0.1) is 0 Å². The summed E-state index contributed by atoms with van der Waals surface area (Å²) in [6, 6.07) is 6.67. The highest BCUT2D eigenvalue weighted by molar-refractivity contribution is 6.01. The standard InChI is InChI=1S/C14H19NO5/c1-3-20-14(17)11-6-4-5-7-12(11)15-13(16)10-19-9-8-18-2/h4-7H,3,8-10H2,1-2H3,(H,15,16). The van der Waals surface area contributed by atoms with Gasteiger partial charge in [-0.1, -0.05) is 12.1 Å². The summed E-state index contributed by atoms with van der Waals surface area (Å²) in [6.07, 6.45) is 0. The van der Waals surface area contributed by atoms with Crippen LogP contribution in [-0.4, -0.2) is 45.4 Å². The van der Waals surface area contributed by atoms with E-state index >= 15 is 0 Å². The highest BCUT2D eigenvalue weighted by atomic mass is 16.5. The Hall–Kier alpha value is -1.92. The number of carbonyl (C=O) groups excluding carboxylic acids is 2. The van der Waals surface area contributed by atoms with Crippen molar-refractivity contribution in [3.8, 4) is 0 Å². The molecule has 0 saturated heterocycles. The van der Waals surface area contributed by atoms with E-state index in [0.29, 0.717) is 24.5 Å². The van der Waals surface area contributed by atoms with E-state index in [1.807, 2.05) is 0 Å². The lowest BCUT2D eigenvalue weighted by Gasteiger charge is -2.10. The molecule has 1 rings (SSSR count). The molecule has 0 aliphatic carbocycles. The first-order chi connectivity index (χ1) is 9.69. The van der Waals surface area contributed by atoms with Crippen molar-refractivity contribution >= 4 is 17.6 Å². The SMILES string of the molecule is CCOC(=O)c1ccccc1NC(=O)COCCOC. The van der Waals surface area contributed by atoms with Gasteiger partial charge in [-0.3, -0.25) is 4.79 Å². The maximum absolute atomic E-state index is 11.7. The third-order valence-electron chi connectivity index (χ3n) is 2.36. The maximum Gasteiger partial charge on any atom is 0.340 e. The van der Waals surface area contributed by atoms with Gasteiger partial charge in [-0.2, -0.15) is 0 Å². The Labute approximate surface area is 118 Å². The van der Waals surface area contributed by atoms with Crippen LogP contribution in [0, 0.1) is 0 Å². The molecule has 0 aliphatic heterocycles. The van der Waals surface area contributed by atoms with Gasteiger partial charge in [0.25, 0.3) is 0 Å². The number of carbonyl (C=O) groups is 2. The second-order valence-corrected chi connectivity index (χ2v) is 3.86. The first kappa shape index (κ1) is 16.1. The van der Waals surface area contributed by atoms with E-state index in [-0.39, 0.29) is 19.1 Å². The number of ether oxygens (including phenoxy) is 3. The van der Waals surface area contributed by atoms with Crippen LogP contribution >= 0.6 is 0 Å². The van der Waals surface area contributed by atoms with Crippen LogP contribution in [-0.2, 0) is 19.0 Å². The number of nitrogens with one attached hydrogen (secondary N) is 1. The van der Waals surface area contributed by atoms with Crippen LogP contribution < -0.4 is 5.32 Å². The van der Waals surface area contributed by atoms with E-state index < -0.39 is 5.97 Å². The van der Waals surface area contributed by atoms with Crippen LogP contribution in [0.3, 0.4) is 0 Å². The summed E-state index contributed by atoms with van der Waals surface area (Å²) in [5, 5.41) is 2.62. The number of benzene rings is 1. The molecule has 1 aromatic rings. The average Bonchev–Trinajstić information content (AvgIpc) is 2.44. The molecule has 0 spiro atoms. The van der Waals surface area contributed by atoms with Crippen molar-refractivity contribution in [2.75, 3.05) is 38.9 Å². The van der Waals surface area contributed by atoms with E-state index in [1.165, 1.54) is 0 Å². The fourth-order valence-corrected chi connectivity index (χ4v) is 1.47. The first-order valence-corrected chi connectivity index (χ1v) is 6.31. The number of esters is 1. The molecular weight excluding hydrogens is 262 g/mol. The molecule has 0 radical (unpaired) electrons. The van der Waals surface area contributed by atoms with Crippen molar-refractivity contribution in [2.45, 2.75) is 6.92 Å². The second kappa shape index (κ2) is 9.06. The zero-order chi connectivity index (χ0) is 14.8. The monoisotopic (exact) mass is 281 g/mol. The molecule has 0 saturated carbocycles. The lowest BCUT2D eigenvalue weighted by atomic mass is 10.2. The molecule has 0 unspecified atom stereocenters. The Bertz CT molecular complexity index is 447. The molecule has 0 aromatic heterocycles. The number of rotatable bonds is 8. The average molecular weight is 281 g/mol. The molecular formula is C14H19NO5. The normalized spacial score (nSPS) is 10.1. The Morgan fingerprint density at radius 3 is 2.65 bits per heavy atom. The smallest absolute Gasteiger partial charge is 0.340 e. The molecule has 6 heteroatoms. The number of methoxy groups -OCH3 is 1. The topological polar surface area (TPSA) is 73.9 Å². The predicted molar refractivity (Wildman–Crippen MR) is 73.7 cm³/mol. The van der Waals surface area contributed by atoms with Gasteiger partial charge in [0.2, 0.25) is 5.91 Å². The fraction of sp³-hybridized carbons (Fsp3) is 0.429. The van der Waals surface area contributed by atoms with Gasteiger partial charge in [-0.05, 0) is 19.1 Å². The molecule has 1 amide bonds. The number of hydrogen-bond donors (Lipinski definition) is 1. The van der Waals surface area contributed by atoms with E-state index in [9.17, 15) is 9.59 Å². The maximum atomic E-state index is 11.7. The van der Waals surface area contributed by atoms with Crippen LogP contribution in [0.5, 0.6) is 0 Å². The molecule has 110 valence electrons. The Morgan fingerprint density at radius 2 is 1.95 bits per heavy atom. The van der Waals surface area contributed by atoms with Crippen molar-refractivity contribution in [3.63, 3.8) is 0 Å². The van der Waals surface area contributed by atoms with Gasteiger partial charge < -0.3 is 19.5 Å². The zero-order valence-electron chi connectivity index (χ0n) is 11.7. The van der Waals surface area contributed by atoms with Gasteiger partial charge in [0, 0.05) is 7.11 Å². The minimum Gasteiger partial charge on any atom is -0.462 e. The van der Waals surface area contributed by atoms with Crippen molar-refractivity contribution in [3.05, 3.63) is 29.8 Å². The van der Waals surface area contributed by atoms with Crippen LogP contribution in [0.25, 0.3) is 0 Å². The van der Waals surface area contributed by atoms with Crippen LogP contribution in [0.2, 0.25) is 0 Å². The Kier molecular flexibility index (Phi) is 7.31. The number of para-hydroxylation sites is 1. The van der Waals surface area contributed by atoms with E-state index in [4.69, 9.17) is 14.2 Å². The summed E-state index contributed by atoms with van der Waals surface area (Å²) in [5.41, 5.74) is 0.728. The summed E-state index contributed by atoms with van der Waals surface area (Å²) in [7, 11) is 1.55. The molecule has 0 aliphatic rings. The van der Waals surface area contributed by atoms with Gasteiger partial charge in [0.1, 0.15) is 6.61 Å². The predicted octanol–water partition coefficient (Wildman–Crippen LogP) is 1.46. The first-order valence-electron chi connectivity index (χ1n) is 6.31. The molecule has 20 heavy (non-hydrogen) atoms. The molecule has 0 heterocycles. The summed E-state index contributed by atoms with van der Waals surface area (Å²) in [6.45, 7) is 2.67. The van der Waals surface area contributed by atoms with E-state index in [1.54, 1.807) is 38.3 Å². The molecule has 0 fully saturated rings. The summed E-state index contributed by atoms with van der Waals surface area (Å²) in [4.78, 5) is 23.4. The highest BCUT2D eigenvalue weighted by Gasteiger charge is 2.13. The van der Waals surface area contributed by atoms with Crippen LogP contribution in [0.4, 0.5) is 5.69 Å². The lowest BCUT2D eigenvalue weighted by Crippen LogP contribution is -2.21. The molecule has 1 N–H and O–H groups in total. The van der Waals surface area contributed by atoms with Crippen molar-refractivity contribution in [1.29, 1.82) is 0 Å². The van der Waals surface area contributed by atoms with Gasteiger partial charge in [0.15, 0.2) is 0 Å². The van der Waals surface area contributed by atoms with E-state index in [0.717, 1.165) is 0 Å². The number of hydrogen-bond acceptors (Lipinski definition) is 5. The molecule has 0 atom stereocenters. The van der Waals surface area contributed by atoms with Gasteiger partial charge in [-0.25, -0.2) is 4.79 Å². The Morgan fingerprint density at radius 1 is 1.20 bits per heavy atom. The second-order valence-electron chi connectivity index (χ2n) is 3.86. The van der Waals surface area contributed by atoms with Crippen LogP contribution in [0.15, 0.2) is 24.3 Å². The largest absolute Gasteiger partial charge is 0.462 e. The molecule has 0 bridgehead atoms. The quantitative estimate of drug-likeness (QED) is 0.577. The molecule has 6 nitrogen and oxygen atoms in total. The molecule has 1 aromatic carbocycles. The fourth-order valence-electron chi connectivity index (χ4n) is 1.47. The van der Waals surface area contributed by atoms with Crippen molar-refractivity contribution in [2.24, 2.45) is 0 Å². The Balaban J connectivity index is 2.58.